The van der Waals surface area contributed by atoms with E-state index in [4.69, 9.17) is 4.84 Å². The smallest absolute Gasteiger partial charge is 0.0685 e. The first-order chi connectivity index (χ1) is 6.42. The SMILES string of the molecule is CCC1CNCC1N1CCCCO1. The zero-order valence-corrected chi connectivity index (χ0v) is 8.46. The molecule has 2 fully saturated rings. The van der Waals surface area contributed by atoms with Crippen molar-refractivity contribution in [1.29, 1.82) is 0 Å². The zero-order valence-electron chi connectivity index (χ0n) is 8.46. The number of hydrogen-bond donors (Lipinski definition) is 1. The van der Waals surface area contributed by atoms with Crippen LogP contribution >= 0.6 is 0 Å². The molecule has 76 valence electrons. The fourth-order valence-corrected chi connectivity index (χ4v) is 2.35. The predicted octanol–water partition coefficient (Wildman–Crippen LogP) is 1.01. The Kier molecular flexibility index (Phi) is 3.19. The molecule has 2 saturated heterocycles. The lowest BCUT2D eigenvalue weighted by Gasteiger charge is -2.33. The topological polar surface area (TPSA) is 24.5 Å². The summed E-state index contributed by atoms with van der Waals surface area (Å²) in [7, 11) is 0. The number of nitrogens with one attached hydrogen (secondary N) is 1. The van der Waals surface area contributed by atoms with Crippen molar-refractivity contribution >= 4 is 0 Å². The van der Waals surface area contributed by atoms with Gasteiger partial charge in [-0.1, -0.05) is 13.3 Å². The summed E-state index contributed by atoms with van der Waals surface area (Å²) in [5, 5.41) is 5.67. The summed E-state index contributed by atoms with van der Waals surface area (Å²) >= 11 is 0. The third-order valence-electron chi connectivity index (χ3n) is 3.23. The Hall–Kier alpha value is -0.120. The molecule has 2 aliphatic rings. The molecule has 0 spiro atoms. The van der Waals surface area contributed by atoms with Gasteiger partial charge in [0.2, 0.25) is 0 Å². The van der Waals surface area contributed by atoms with Crippen LogP contribution in [0.2, 0.25) is 0 Å². The summed E-state index contributed by atoms with van der Waals surface area (Å²) in [4.78, 5) is 5.69. The molecule has 2 rings (SSSR count). The van der Waals surface area contributed by atoms with Gasteiger partial charge in [0.15, 0.2) is 0 Å². The van der Waals surface area contributed by atoms with Crippen molar-refractivity contribution in [3.63, 3.8) is 0 Å². The van der Waals surface area contributed by atoms with Gasteiger partial charge in [-0.05, 0) is 25.3 Å². The third kappa shape index (κ3) is 2.03. The molecule has 0 aromatic carbocycles. The molecule has 0 radical (unpaired) electrons. The summed E-state index contributed by atoms with van der Waals surface area (Å²) in [5.74, 6) is 0.790. The van der Waals surface area contributed by atoms with Crippen LogP contribution in [0.25, 0.3) is 0 Å². The van der Waals surface area contributed by atoms with E-state index in [0.29, 0.717) is 6.04 Å². The third-order valence-corrected chi connectivity index (χ3v) is 3.23. The summed E-state index contributed by atoms with van der Waals surface area (Å²) < 4.78 is 0. The number of rotatable bonds is 2. The second-order valence-corrected chi connectivity index (χ2v) is 4.07. The van der Waals surface area contributed by atoms with Crippen molar-refractivity contribution < 1.29 is 4.84 Å². The van der Waals surface area contributed by atoms with E-state index in [1.807, 2.05) is 0 Å². The van der Waals surface area contributed by atoms with Crippen LogP contribution in [-0.4, -0.2) is 37.3 Å². The summed E-state index contributed by atoms with van der Waals surface area (Å²) in [5.41, 5.74) is 0. The molecule has 0 saturated carbocycles. The maximum absolute atomic E-state index is 5.69. The van der Waals surface area contributed by atoms with Gasteiger partial charge in [-0.25, -0.2) is 0 Å². The van der Waals surface area contributed by atoms with E-state index in [0.717, 1.165) is 25.6 Å². The maximum Gasteiger partial charge on any atom is 0.0685 e. The fourth-order valence-electron chi connectivity index (χ4n) is 2.35. The van der Waals surface area contributed by atoms with Gasteiger partial charge < -0.3 is 5.32 Å². The molecule has 3 heteroatoms. The van der Waals surface area contributed by atoms with Crippen LogP contribution in [0.4, 0.5) is 0 Å². The van der Waals surface area contributed by atoms with Crippen LogP contribution in [0.15, 0.2) is 0 Å². The fraction of sp³-hybridized carbons (Fsp3) is 1.00. The highest BCUT2D eigenvalue weighted by Crippen LogP contribution is 2.21. The molecule has 2 unspecified atom stereocenters. The number of hydroxylamine groups is 2. The minimum atomic E-state index is 0.630. The van der Waals surface area contributed by atoms with Crippen LogP contribution in [0.5, 0.6) is 0 Å². The Morgan fingerprint density at radius 2 is 2.31 bits per heavy atom. The molecular formula is C10H20N2O. The highest BCUT2D eigenvalue weighted by Gasteiger charge is 2.32. The first kappa shape index (κ1) is 9.44. The van der Waals surface area contributed by atoms with Crippen LogP contribution in [0.1, 0.15) is 26.2 Å². The predicted molar refractivity (Wildman–Crippen MR) is 52.3 cm³/mol. The van der Waals surface area contributed by atoms with Crippen molar-refractivity contribution in [2.75, 3.05) is 26.2 Å². The average molecular weight is 184 g/mol. The molecule has 3 nitrogen and oxygen atoms in total. The Morgan fingerprint density at radius 1 is 1.38 bits per heavy atom. The van der Waals surface area contributed by atoms with Crippen LogP contribution in [-0.2, 0) is 4.84 Å². The molecule has 0 aliphatic carbocycles. The number of hydrogen-bond acceptors (Lipinski definition) is 3. The Morgan fingerprint density at radius 3 is 3.00 bits per heavy atom. The standard InChI is InChI=1S/C10H20N2O/c1-2-9-7-11-8-10(9)12-5-3-4-6-13-12/h9-11H,2-8H2,1H3. The minimum absolute atomic E-state index is 0.630. The van der Waals surface area contributed by atoms with Crippen molar-refractivity contribution in [1.82, 2.24) is 10.4 Å². The second-order valence-electron chi connectivity index (χ2n) is 4.07. The number of nitrogens with zero attached hydrogens (tertiary/aromatic N) is 1. The average Bonchev–Trinajstić information content (AvgIpc) is 2.67. The summed E-state index contributed by atoms with van der Waals surface area (Å²) in [6.07, 6.45) is 3.79. The Balaban J connectivity index is 1.90. The first-order valence-corrected chi connectivity index (χ1v) is 5.52. The quantitative estimate of drug-likeness (QED) is 0.693. The van der Waals surface area contributed by atoms with Gasteiger partial charge in [0.1, 0.15) is 0 Å². The van der Waals surface area contributed by atoms with Gasteiger partial charge in [-0.2, -0.15) is 5.06 Å². The van der Waals surface area contributed by atoms with Gasteiger partial charge in [0.25, 0.3) is 0 Å². The van der Waals surface area contributed by atoms with E-state index in [-0.39, 0.29) is 0 Å². The van der Waals surface area contributed by atoms with Gasteiger partial charge in [0.05, 0.1) is 12.6 Å². The Bertz CT molecular complexity index is 157. The van der Waals surface area contributed by atoms with Gasteiger partial charge in [-0.15, -0.1) is 0 Å². The van der Waals surface area contributed by atoms with Gasteiger partial charge >= 0.3 is 0 Å². The monoisotopic (exact) mass is 184 g/mol. The molecule has 2 aliphatic heterocycles. The molecular weight excluding hydrogens is 164 g/mol. The lowest BCUT2D eigenvalue weighted by atomic mass is 10.0. The van der Waals surface area contributed by atoms with Crippen LogP contribution in [0, 0.1) is 5.92 Å². The van der Waals surface area contributed by atoms with Gasteiger partial charge in [0, 0.05) is 13.1 Å². The normalized spacial score (nSPS) is 36.7. The molecule has 2 atom stereocenters. The minimum Gasteiger partial charge on any atom is -0.315 e. The maximum atomic E-state index is 5.69. The Labute approximate surface area is 80.4 Å². The second kappa shape index (κ2) is 4.40. The van der Waals surface area contributed by atoms with E-state index in [1.165, 1.54) is 25.8 Å². The van der Waals surface area contributed by atoms with Crippen LogP contribution < -0.4 is 5.32 Å². The van der Waals surface area contributed by atoms with E-state index >= 15 is 0 Å². The van der Waals surface area contributed by atoms with E-state index < -0.39 is 0 Å². The highest BCUT2D eigenvalue weighted by atomic mass is 16.7. The molecule has 13 heavy (non-hydrogen) atoms. The summed E-state index contributed by atoms with van der Waals surface area (Å²) in [6, 6.07) is 0.630. The summed E-state index contributed by atoms with van der Waals surface area (Å²) in [6.45, 7) is 6.60. The van der Waals surface area contributed by atoms with Crippen molar-refractivity contribution in [3.8, 4) is 0 Å². The lowest BCUT2D eigenvalue weighted by molar-refractivity contribution is -0.209. The largest absolute Gasteiger partial charge is 0.315 e. The van der Waals surface area contributed by atoms with Crippen molar-refractivity contribution in [2.24, 2.45) is 5.92 Å². The molecule has 0 amide bonds. The molecule has 0 aromatic heterocycles. The molecule has 2 heterocycles. The van der Waals surface area contributed by atoms with Crippen LogP contribution in [0.3, 0.4) is 0 Å². The highest BCUT2D eigenvalue weighted by molar-refractivity contribution is 4.85. The van der Waals surface area contributed by atoms with E-state index in [2.05, 4.69) is 17.3 Å². The van der Waals surface area contributed by atoms with Crippen molar-refractivity contribution in [2.45, 2.75) is 32.2 Å². The molecule has 0 aromatic rings. The van der Waals surface area contributed by atoms with E-state index in [1.54, 1.807) is 0 Å². The molecule has 1 N–H and O–H groups in total. The van der Waals surface area contributed by atoms with Crippen molar-refractivity contribution in [3.05, 3.63) is 0 Å². The van der Waals surface area contributed by atoms with Gasteiger partial charge in [-0.3, -0.25) is 4.84 Å². The van der Waals surface area contributed by atoms with E-state index in [9.17, 15) is 0 Å². The first-order valence-electron chi connectivity index (χ1n) is 5.52. The lowest BCUT2D eigenvalue weighted by Crippen LogP contribution is -2.43. The molecule has 0 bridgehead atoms. The zero-order chi connectivity index (χ0) is 9.10.